The Bertz CT molecular complexity index is 653. The highest BCUT2D eigenvalue weighted by atomic mass is 32.2. The Kier molecular flexibility index (Phi) is 4.26. The minimum absolute atomic E-state index is 0.687. The molecule has 0 amide bonds. The van der Waals surface area contributed by atoms with Gasteiger partial charge in [0.05, 0.1) is 14.2 Å². The van der Waals surface area contributed by atoms with Gasteiger partial charge in [-0.15, -0.1) is 0 Å². The number of hydrogen-bond acceptors (Lipinski definition) is 7. The van der Waals surface area contributed by atoms with Gasteiger partial charge in [0, 0.05) is 43.7 Å². The van der Waals surface area contributed by atoms with Crippen molar-refractivity contribution < 1.29 is 9.47 Å². The lowest BCUT2D eigenvalue weighted by atomic mass is 10.1. The molecular formula is C16H21N3O2S2. The van der Waals surface area contributed by atoms with Gasteiger partial charge in [-0.3, -0.25) is 4.90 Å². The number of hydrogen-bond donors (Lipinski definition) is 0. The first-order valence-corrected chi connectivity index (χ1v) is 9.85. The second-order valence-electron chi connectivity index (χ2n) is 5.85. The molecule has 0 saturated carbocycles. The van der Waals surface area contributed by atoms with Crippen LogP contribution in [0.4, 0.5) is 5.13 Å². The van der Waals surface area contributed by atoms with Crippen LogP contribution in [0.25, 0.3) is 10.2 Å². The van der Waals surface area contributed by atoms with Crippen molar-refractivity contribution in [2.45, 2.75) is 6.04 Å². The van der Waals surface area contributed by atoms with Crippen molar-refractivity contribution in [3.05, 3.63) is 12.1 Å². The van der Waals surface area contributed by atoms with Crippen LogP contribution >= 0.6 is 23.1 Å². The van der Waals surface area contributed by atoms with Crippen LogP contribution in [0, 0.1) is 0 Å². The number of thioether (sulfide) groups is 1. The van der Waals surface area contributed by atoms with Gasteiger partial charge in [-0.1, -0.05) is 11.3 Å². The summed E-state index contributed by atoms with van der Waals surface area (Å²) in [6.45, 7) is 4.61. The summed E-state index contributed by atoms with van der Waals surface area (Å²) in [6.07, 6.45) is 0. The number of ether oxygens (including phenoxy) is 2. The molecule has 124 valence electrons. The van der Waals surface area contributed by atoms with Crippen LogP contribution < -0.4 is 14.4 Å². The van der Waals surface area contributed by atoms with E-state index >= 15 is 0 Å². The van der Waals surface area contributed by atoms with Gasteiger partial charge < -0.3 is 14.4 Å². The van der Waals surface area contributed by atoms with E-state index in [0.29, 0.717) is 6.04 Å². The molecule has 4 rings (SSSR count). The number of benzene rings is 1. The summed E-state index contributed by atoms with van der Waals surface area (Å²) in [6, 6.07) is 4.56. The Morgan fingerprint density at radius 2 is 1.78 bits per heavy atom. The van der Waals surface area contributed by atoms with E-state index in [1.54, 1.807) is 25.6 Å². The van der Waals surface area contributed by atoms with Crippen molar-refractivity contribution in [2.75, 3.05) is 56.8 Å². The van der Waals surface area contributed by atoms with E-state index in [1.165, 1.54) is 24.6 Å². The largest absolute Gasteiger partial charge is 0.495 e. The number of methoxy groups -OCH3 is 2. The Hall–Kier alpha value is -1.18. The molecule has 2 fully saturated rings. The molecule has 5 nitrogen and oxygen atoms in total. The molecule has 3 heterocycles. The number of thiazole rings is 1. The van der Waals surface area contributed by atoms with Gasteiger partial charge in [0.2, 0.25) is 0 Å². The Morgan fingerprint density at radius 1 is 1.09 bits per heavy atom. The van der Waals surface area contributed by atoms with Crippen LogP contribution in [0.3, 0.4) is 0 Å². The summed E-state index contributed by atoms with van der Waals surface area (Å²) in [7, 11) is 3.39. The van der Waals surface area contributed by atoms with Gasteiger partial charge in [-0.05, 0) is 12.1 Å². The molecule has 1 aromatic heterocycles. The molecule has 0 atom stereocenters. The quantitative estimate of drug-likeness (QED) is 0.843. The molecule has 0 aliphatic carbocycles. The predicted molar refractivity (Wildman–Crippen MR) is 97.6 cm³/mol. The third kappa shape index (κ3) is 2.75. The Labute approximate surface area is 144 Å². The van der Waals surface area contributed by atoms with Gasteiger partial charge in [0.25, 0.3) is 0 Å². The van der Waals surface area contributed by atoms with Crippen molar-refractivity contribution in [3.8, 4) is 11.5 Å². The lowest BCUT2D eigenvalue weighted by Crippen LogP contribution is -2.61. The van der Waals surface area contributed by atoms with E-state index in [2.05, 4.69) is 21.6 Å². The van der Waals surface area contributed by atoms with E-state index in [4.69, 9.17) is 14.5 Å². The van der Waals surface area contributed by atoms with Crippen molar-refractivity contribution in [1.82, 2.24) is 9.88 Å². The van der Waals surface area contributed by atoms with Crippen LogP contribution in [0.2, 0.25) is 0 Å². The maximum Gasteiger partial charge on any atom is 0.186 e. The first kappa shape index (κ1) is 15.4. The van der Waals surface area contributed by atoms with Crippen molar-refractivity contribution in [1.29, 1.82) is 0 Å². The molecule has 0 N–H and O–H groups in total. The lowest BCUT2D eigenvalue weighted by Gasteiger charge is -2.46. The van der Waals surface area contributed by atoms with Crippen LogP contribution in [-0.4, -0.2) is 67.8 Å². The molecule has 2 saturated heterocycles. The summed E-state index contributed by atoms with van der Waals surface area (Å²) in [5.41, 5.74) is 0.907. The van der Waals surface area contributed by atoms with E-state index in [-0.39, 0.29) is 0 Å². The smallest absolute Gasteiger partial charge is 0.186 e. The number of aromatic nitrogens is 1. The molecule has 2 aromatic rings. The third-order valence-corrected chi connectivity index (χ3v) is 6.67. The topological polar surface area (TPSA) is 37.8 Å². The van der Waals surface area contributed by atoms with Gasteiger partial charge in [-0.25, -0.2) is 4.98 Å². The molecule has 0 radical (unpaired) electrons. The fourth-order valence-electron chi connectivity index (χ4n) is 3.19. The average Bonchev–Trinajstić information content (AvgIpc) is 2.98. The van der Waals surface area contributed by atoms with Gasteiger partial charge in [0.15, 0.2) is 5.13 Å². The van der Waals surface area contributed by atoms with Crippen molar-refractivity contribution >= 4 is 38.4 Å². The number of rotatable bonds is 4. The van der Waals surface area contributed by atoms with E-state index in [1.807, 2.05) is 12.1 Å². The van der Waals surface area contributed by atoms with E-state index < -0.39 is 0 Å². The maximum absolute atomic E-state index is 5.47. The SMILES string of the molecule is COc1ccc(OC)c2sc(N3CC(N4CCSCC4)C3)nc12. The minimum Gasteiger partial charge on any atom is -0.495 e. The predicted octanol–water partition coefficient (Wildman–Crippen LogP) is 2.55. The summed E-state index contributed by atoms with van der Waals surface area (Å²) in [5.74, 6) is 4.22. The monoisotopic (exact) mass is 351 g/mol. The molecular weight excluding hydrogens is 330 g/mol. The Balaban J connectivity index is 1.54. The van der Waals surface area contributed by atoms with E-state index in [9.17, 15) is 0 Å². The van der Waals surface area contributed by atoms with E-state index in [0.717, 1.165) is 39.9 Å². The van der Waals surface area contributed by atoms with Crippen molar-refractivity contribution in [3.63, 3.8) is 0 Å². The summed E-state index contributed by atoms with van der Waals surface area (Å²) >= 11 is 3.76. The van der Waals surface area contributed by atoms with Crippen LogP contribution in [0.5, 0.6) is 11.5 Å². The zero-order valence-corrected chi connectivity index (χ0v) is 15.1. The minimum atomic E-state index is 0.687. The number of fused-ring (bicyclic) bond motifs is 1. The second kappa shape index (κ2) is 6.37. The maximum atomic E-state index is 5.47. The first-order chi connectivity index (χ1) is 11.3. The number of nitrogens with zero attached hydrogens (tertiary/aromatic N) is 3. The highest BCUT2D eigenvalue weighted by Gasteiger charge is 2.34. The molecule has 0 unspecified atom stereocenters. The fourth-order valence-corrected chi connectivity index (χ4v) is 5.22. The standard InChI is InChI=1S/C16H21N3O2S2/c1-20-12-3-4-13(21-2)15-14(12)17-16(23-15)19-9-11(10-19)18-5-7-22-8-6-18/h3-4,11H,5-10H2,1-2H3. The van der Waals surface area contributed by atoms with Gasteiger partial charge >= 0.3 is 0 Å². The zero-order chi connectivity index (χ0) is 15.8. The van der Waals surface area contributed by atoms with Crippen LogP contribution in [0.15, 0.2) is 12.1 Å². The molecule has 0 spiro atoms. The highest BCUT2D eigenvalue weighted by Crippen LogP contribution is 2.41. The molecule has 1 aromatic carbocycles. The summed E-state index contributed by atoms with van der Waals surface area (Å²) in [5, 5.41) is 1.07. The second-order valence-corrected chi connectivity index (χ2v) is 8.05. The van der Waals surface area contributed by atoms with Gasteiger partial charge in [-0.2, -0.15) is 11.8 Å². The highest BCUT2D eigenvalue weighted by molar-refractivity contribution is 7.99. The van der Waals surface area contributed by atoms with Crippen LogP contribution in [0.1, 0.15) is 0 Å². The Morgan fingerprint density at radius 3 is 2.48 bits per heavy atom. The summed E-state index contributed by atoms with van der Waals surface area (Å²) < 4.78 is 12.0. The third-order valence-electron chi connectivity index (χ3n) is 4.59. The normalized spacial score (nSPS) is 19.8. The summed E-state index contributed by atoms with van der Waals surface area (Å²) in [4.78, 5) is 9.81. The zero-order valence-electron chi connectivity index (χ0n) is 13.4. The molecule has 0 bridgehead atoms. The van der Waals surface area contributed by atoms with Crippen molar-refractivity contribution in [2.24, 2.45) is 0 Å². The average molecular weight is 351 g/mol. The first-order valence-electron chi connectivity index (χ1n) is 7.88. The van der Waals surface area contributed by atoms with Crippen LogP contribution in [-0.2, 0) is 0 Å². The molecule has 2 aliphatic heterocycles. The lowest BCUT2D eigenvalue weighted by molar-refractivity contribution is 0.183. The fraction of sp³-hybridized carbons (Fsp3) is 0.562. The van der Waals surface area contributed by atoms with Gasteiger partial charge in [0.1, 0.15) is 21.7 Å². The number of anilines is 1. The molecule has 23 heavy (non-hydrogen) atoms. The molecule has 7 heteroatoms. The molecule has 2 aliphatic rings.